The number of aromatic hydroxyl groups is 1. The highest BCUT2D eigenvalue weighted by molar-refractivity contribution is 7.85. The largest absolute Gasteiger partial charge is 0.506 e. The zero-order valence-corrected chi connectivity index (χ0v) is 22.5. The number of aliphatic hydroxyl groups is 1. The van der Waals surface area contributed by atoms with Crippen molar-refractivity contribution in [3.05, 3.63) is 57.2 Å². The van der Waals surface area contributed by atoms with E-state index in [0.29, 0.717) is 16.0 Å². The van der Waals surface area contributed by atoms with Crippen LogP contribution in [0.2, 0.25) is 0 Å². The lowest BCUT2D eigenvalue weighted by atomic mass is 10.1. The number of aliphatic hydroxyl groups excluding tert-OH is 1. The molecule has 2 aromatic carbocycles. The van der Waals surface area contributed by atoms with Crippen molar-refractivity contribution in [3.8, 4) is 11.5 Å². The van der Waals surface area contributed by atoms with Crippen LogP contribution in [0.4, 0.5) is 4.79 Å². The number of H-pyrrole nitrogens is 1. The zero-order valence-electron chi connectivity index (χ0n) is 20.9. The van der Waals surface area contributed by atoms with E-state index < -0.39 is 27.9 Å². The Labute approximate surface area is 218 Å². The van der Waals surface area contributed by atoms with Gasteiger partial charge in [-0.2, -0.15) is 8.42 Å². The summed E-state index contributed by atoms with van der Waals surface area (Å²) in [5, 5.41) is 21.1. The molecule has 0 saturated carbocycles. The molecule has 37 heavy (non-hydrogen) atoms. The number of hydrogen-bond acceptors (Lipinski definition) is 10. The lowest BCUT2D eigenvalue weighted by Crippen LogP contribution is -2.38. The van der Waals surface area contributed by atoms with E-state index in [1.165, 1.54) is 17.0 Å². The van der Waals surface area contributed by atoms with E-state index in [0.717, 1.165) is 23.2 Å². The first-order valence-electron chi connectivity index (χ1n) is 11.3. The number of phenolic OH excluding ortho intramolecular Hbond substituents is 1. The molecule has 0 bridgehead atoms. The van der Waals surface area contributed by atoms with E-state index in [1.807, 2.05) is 0 Å². The summed E-state index contributed by atoms with van der Waals surface area (Å²) in [7, 11) is -3.54. The molecule has 0 aliphatic carbocycles. The van der Waals surface area contributed by atoms with Crippen LogP contribution in [-0.2, 0) is 25.6 Å². The van der Waals surface area contributed by atoms with Crippen LogP contribution in [0.3, 0.4) is 0 Å². The number of rotatable bonds is 10. The van der Waals surface area contributed by atoms with E-state index in [1.54, 1.807) is 45.0 Å². The molecule has 0 spiro atoms. The summed E-state index contributed by atoms with van der Waals surface area (Å²) in [5.74, 6) is 0.372. The van der Waals surface area contributed by atoms with E-state index in [4.69, 9.17) is 9.47 Å². The van der Waals surface area contributed by atoms with Gasteiger partial charge in [-0.1, -0.05) is 29.5 Å². The molecule has 0 radical (unpaired) electrons. The Bertz CT molecular complexity index is 1390. The highest BCUT2D eigenvalue weighted by Gasteiger charge is 2.26. The van der Waals surface area contributed by atoms with Crippen LogP contribution < -0.4 is 9.61 Å². The molecule has 3 N–H and O–H groups in total. The number of amides is 1. The van der Waals surface area contributed by atoms with Crippen molar-refractivity contribution >= 4 is 37.8 Å². The van der Waals surface area contributed by atoms with E-state index >= 15 is 0 Å². The maximum atomic E-state index is 13.0. The second kappa shape index (κ2) is 11.5. The Morgan fingerprint density at radius 3 is 2.43 bits per heavy atom. The summed E-state index contributed by atoms with van der Waals surface area (Å²) in [6.45, 7) is 5.09. The van der Waals surface area contributed by atoms with Crippen LogP contribution in [-0.4, -0.2) is 66.2 Å². The summed E-state index contributed by atoms with van der Waals surface area (Å²) < 4.78 is 38.1. The van der Waals surface area contributed by atoms with Crippen molar-refractivity contribution in [3.63, 3.8) is 0 Å². The Morgan fingerprint density at radius 1 is 1.14 bits per heavy atom. The third kappa shape index (κ3) is 8.45. The normalized spacial score (nSPS) is 12.9. The summed E-state index contributed by atoms with van der Waals surface area (Å²) in [5.41, 5.74) is 0.579. The Hall–Kier alpha value is -3.13. The molecule has 11 nitrogen and oxygen atoms in total. The number of hydrogen-bond donors (Lipinski definition) is 3. The average Bonchev–Trinajstić information content (AvgIpc) is 3.18. The maximum absolute atomic E-state index is 13.0. The summed E-state index contributed by atoms with van der Waals surface area (Å²) in [4.78, 5) is 28.3. The molecule has 1 atom stereocenters. The molecule has 3 rings (SSSR count). The lowest BCUT2D eigenvalue weighted by molar-refractivity contribution is 0.0125. The molecule has 1 aromatic heterocycles. The van der Waals surface area contributed by atoms with Crippen LogP contribution in [0.15, 0.2) is 41.2 Å². The van der Waals surface area contributed by atoms with Crippen LogP contribution in [0.5, 0.6) is 11.5 Å². The van der Waals surface area contributed by atoms with E-state index in [2.05, 4.69) is 9.17 Å². The maximum Gasteiger partial charge on any atom is 0.410 e. The molecule has 0 saturated heterocycles. The van der Waals surface area contributed by atoms with Gasteiger partial charge in [-0.25, -0.2) is 4.79 Å². The van der Waals surface area contributed by atoms with Gasteiger partial charge < -0.3 is 29.6 Å². The zero-order chi connectivity index (χ0) is 27.4. The minimum Gasteiger partial charge on any atom is -0.506 e. The first-order valence-corrected chi connectivity index (χ1v) is 13.9. The number of carbonyl (C=O) groups is 1. The second-order valence-electron chi connectivity index (χ2n) is 9.29. The number of thiazole rings is 1. The molecule has 1 heterocycles. The average molecular weight is 555 g/mol. The third-order valence-electron chi connectivity index (χ3n) is 4.94. The van der Waals surface area contributed by atoms with Crippen LogP contribution in [0.25, 0.3) is 10.2 Å². The number of aromatic nitrogens is 1. The fourth-order valence-corrected chi connectivity index (χ4v) is 4.68. The Kier molecular flexibility index (Phi) is 8.84. The predicted molar refractivity (Wildman–Crippen MR) is 138 cm³/mol. The second-order valence-corrected chi connectivity index (χ2v) is 11.9. The van der Waals surface area contributed by atoms with Crippen molar-refractivity contribution < 1.29 is 37.1 Å². The predicted octanol–water partition coefficient (Wildman–Crippen LogP) is 3.12. The molecule has 202 valence electrons. The number of nitrogens with one attached hydrogen (secondary N) is 1. The first kappa shape index (κ1) is 28.4. The summed E-state index contributed by atoms with van der Waals surface area (Å²) >= 11 is 0.860. The van der Waals surface area contributed by atoms with Crippen molar-refractivity contribution in [2.45, 2.75) is 39.0 Å². The van der Waals surface area contributed by atoms with Crippen molar-refractivity contribution in [1.29, 1.82) is 0 Å². The van der Waals surface area contributed by atoms with Gasteiger partial charge in [-0.05, 0) is 44.5 Å². The van der Waals surface area contributed by atoms with Crippen LogP contribution >= 0.6 is 11.3 Å². The molecule has 3 aromatic rings. The van der Waals surface area contributed by atoms with Crippen molar-refractivity contribution in [1.82, 2.24) is 9.88 Å². The first-order chi connectivity index (χ1) is 17.2. The lowest BCUT2D eigenvalue weighted by Gasteiger charge is -2.29. The smallest absolute Gasteiger partial charge is 0.410 e. The molecular formula is C24H30N2O9S2. The van der Waals surface area contributed by atoms with Gasteiger partial charge >= 0.3 is 11.0 Å². The summed E-state index contributed by atoms with van der Waals surface area (Å²) in [6, 6.07) is 9.68. The molecule has 13 heteroatoms. The van der Waals surface area contributed by atoms with Crippen molar-refractivity contribution in [2.24, 2.45) is 0 Å². The van der Waals surface area contributed by atoms with Gasteiger partial charge in [0.25, 0.3) is 10.1 Å². The number of phenols is 1. The standard InChI is InChI=1S/C24H30N2O9S2/c1-24(2,3)35-23(30)26(13-15-5-7-16(8-6-15)33-11-12-34-37(4,31)32)14-19(28)17-9-10-18(27)20-21(17)36-22(29)25-20/h5-10,19,27-28H,11-14H2,1-4H3,(H,25,29). The Morgan fingerprint density at radius 2 is 1.81 bits per heavy atom. The molecule has 1 unspecified atom stereocenters. The van der Waals surface area contributed by atoms with E-state index in [9.17, 15) is 28.2 Å². The van der Waals surface area contributed by atoms with Crippen molar-refractivity contribution in [2.75, 3.05) is 26.0 Å². The van der Waals surface area contributed by atoms with Crippen LogP contribution in [0, 0.1) is 0 Å². The number of fused-ring (bicyclic) bond motifs is 1. The topological polar surface area (TPSA) is 155 Å². The SMILES string of the molecule is CC(C)(C)OC(=O)N(Cc1ccc(OCCOS(C)(=O)=O)cc1)CC(O)c1ccc(O)c2[nH]c(=O)sc12. The van der Waals surface area contributed by atoms with Gasteiger partial charge in [0.2, 0.25) is 0 Å². The minimum absolute atomic E-state index is 0.0367. The number of carbonyl (C=O) groups excluding carboxylic acids is 1. The third-order valence-corrected chi connectivity index (χ3v) is 6.46. The molecular weight excluding hydrogens is 524 g/mol. The molecule has 1 amide bonds. The molecule has 0 aliphatic heterocycles. The number of ether oxygens (including phenoxy) is 2. The molecule has 0 aliphatic rings. The number of aromatic amines is 1. The minimum atomic E-state index is -3.54. The fourth-order valence-electron chi connectivity index (χ4n) is 3.40. The van der Waals surface area contributed by atoms with Gasteiger partial charge in [-0.15, -0.1) is 0 Å². The van der Waals surface area contributed by atoms with Crippen LogP contribution in [0.1, 0.15) is 38.0 Å². The highest BCUT2D eigenvalue weighted by Crippen LogP contribution is 2.32. The monoisotopic (exact) mass is 554 g/mol. The highest BCUT2D eigenvalue weighted by atomic mass is 32.2. The van der Waals surface area contributed by atoms with E-state index in [-0.39, 0.29) is 42.4 Å². The summed E-state index contributed by atoms with van der Waals surface area (Å²) in [6.07, 6.45) is -0.846. The van der Waals surface area contributed by atoms with Gasteiger partial charge in [0.05, 0.1) is 23.6 Å². The van der Waals surface area contributed by atoms with Gasteiger partial charge in [0, 0.05) is 12.1 Å². The van der Waals surface area contributed by atoms with Gasteiger partial charge in [0.15, 0.2) is 0 Å². The Balaban J connectivity index is 1.75. The number of nitrogens with zero attached hydrogens (tertiary/aromatic N) is 1. The van der Waals surface area contributed by atoms with Gasteiger partial charge in [0.1, 0.15) is 35.8 Å². The number of benzene rings is 2. The molecule has 0 fully saturated rings. The van der Waals surface area contributed by atoms with Gasteiger partial charge in [-0.3, -0.25) is 8.98 Å². The quantitative estimate of drug-likeness (QED) is 0.253. The fraction of sp³-hybridized carbons (Fsp3) is 0.417.